The molecule has 188 valence electrons. The van der Waals surface area contributed by atoms with Crippen LogP contribution in [0.15, 0.2) is 78.9 Å². The minimum atomic E-state index is -1.22. The number of urea groups is 1. The largest absolute Gasteiger partial charge is 0.508 e. The zero-order chi connectivity index (χ0) is 26.5. The van der Waals surface area contributed by atoms with Gasteiger partial charge in [0.2, 0.25) is 0 Å². The Bertz CT molecular complexity index is 1460. The molecule has 4 aromatic carbocycles. The topological polar surface area (TPSA) is 128 Å². The lowest BCUT2D eigenvalue weighted by molar-refractivity contribution is -0.139. The fourth-order valence-electron chi connectivity index (χ4n) is 4.11. The van der Waals surface area contributed by atoms with E-state index in [2.05, 4.69) is 16.0 Å². The lowest BCUT2D eigenvalue weighted by Gasteiger charge is -2.18. The van der Waals surface area contributed by atoms with Gasteiger partial charge in [-0.05, 0) is 65.6 Å². The molecule has 0 aliphatic carbocycles. The first-order valence-electron chi connectivity index (χ1n) is 11.7. The van der Waals surface area contributed by atoms with Gasteiger partial charge in [0.05, 0.1) is 11.3 Å². The number of fused-ring (bicyclic) bond motifs is 1. The number of carboxylic acids is 1. The molecule has 0 saturated heterocycles. The Hall–Kier alpha value is -4.85. The Morgan fingerprint density at radius 2 is 1.43 bits per heavy atom. The van der Waals surface area contributed by atoms with Crippen LogP contribution >= 0.6 is 0 Å². The number of hydrogen-bond acceptors (Lipinski definition) is 4. The van der Waals surface area contributed by atoms with E-state index < -0.39 is 23.9 Å². The smallest absolute Gasteiger partial charge is 0.326 e. The number of carboxylic acid groups (broad SMARTS) is 1. The van der Waals surface area contributed by atoms with Crippen molar-refractivity contribution >= 4 is 40.1 Å². The van der Waals surface area contributed by atoms with Crippen molar-refractivity contribution in [3.8, 4) is 5.75 Å². The summed E-state index contributed by atoms with van der Waals surface area (Å²) in [6, 6.07) is 20.7. The van der Waals surface area contributed by atoms with Gasteiger partial charge in [-0.2, -0.15) is 0 Å². The molecule has 37 heavy (non-hydrogen) atoms. The molecule has 4 aromatic rings. The summed E-state index contributed by atoms with van der Waals surface area (Å²) in [6.07, 6.45) is 0.0186. The molecule has 4 rings (SSSR count). The zero-order valence-electron chi connectivity index (χ0n) is 20.4. The van der Waals surface area contributed by atoms with Crippen LogP contribution in [0.3, 0.4) is 0 Å². The molecule has 0 fully saturated rings. The van der Waals surface area contributed by atoms with Gasteiger partial charge < -0.3 is 26.2 Å². The SMILES string of the molecule is Cc1cccc(C)c1NC(=O)Nc1cc2ccccc2cc1C(=O)N[C@@H](Cc1ccc(O)cc1)C(=O)O. The first-order valence-corrected chi connectivity index (χ1v) is 11.7. The van der Waals surface area contributed by atoms with Gasteiger partial charge >= 0.3 is 12.0 Å². The number of phenolic OH excluding ortho intramolecular Hbond substituents is 1. The van der Waals surface area contributed by atoms with E-state index >= 15 is 0 Å². The van der Waals surface area contributed by atoms with E-state index in [1.54, 1.807) is 24.3 Å². The van der Waals surface area contributed by atoms with Crippen LogP contribution in [0.25, 0.3) is 10.8 Å². The van der Waals surface area contributed by atoms with Crippen LogP contribution in [0.4, 0.5) is 16.2 Å². The summed E-state index contributed by atoms with van der Waals surface area (Å²) >= 11 is 0. The summed E-state index contributed by atoms with van der Waals surface area (Å²) in [6.45, 7) is 3.77. The lowest BCUT2D eigenvalue weighted by atomic mass is 10.0. The van der Waals surface area contributed by atoms with Crippen molar-refractivity contribution in [1.29, 1.82) is 0 Å². The number of benzene rings is 4. The fourth-order valence-corrected chi connectivity index (χ4v) is 4.11. The van der Waals surface area contributed by atoms with Crippen molar-refractivity contribution in [2.45, 2.75) is 26.3 Å². The number of anilines is 2. The fraction of sp³-hybridized carbons (Fsp3) is 0.138. The van der Waals surface area contributed by atoms with Crippen molar-refractivity contribution in [2.75, 3.05) is 10.6 Å². The highest BCUT2D eigenvalue weighted by Gasteiger charge is 2.24. The van der Waals surface area contributed by atoms with Gasteiger partial charge in [0.15, 0.2) is 0 Å². The number of amides is 3. The van der Waals surface area contributed by atoms with Crippen LogP contribution in [0.1, 0.15) is 27.0 Å². The van der Waals surface area contributed by atoms with Gasteiger partial charge in [0, 0.05) is 12.1 Å². The highest BCUT2D eigenvalue weighted by Crippen LogP contribution is 2.26. The maximum absolute atomic E-state index is 13.3. The maximum atomic E-state index is 13.3. The first-order chi connectivity index (χ1) is 17.7. The number of rotatable bonds is 7. The summed E-state index contributed by atoms with van der Waals surface area (Å²) in [5, 5.41) is 29.0. The zero-order valence-corrected chi connectivity index (χ0v) is 20.4. The summed E-state index contributed by atoms with van der Waals surface area (Å²) in [5.74, 6) is -1.78. The number of para-hydroxylation sites is 1. The maximum Gasteiger partial charge on any atom is 0.326 e. The third kappa shape index (κ3) is 6.05. The summed E-state index contributed by atoms with van der Waals surface area (Å²) in [5.41, 5.74) is 3.47. The van der Waals surface area contributed by atoms with Crippen molar-refractivity contribution in [3.05, 3.63) is 101 Å². The van der Waals surface area contributed by atoms with Crippen LogP contribution in [0.5, 0.6) is 5.75 Å². The van der Waals surface area contributed by atoms with E-state index in [9.17, 15) is 24.6 Å². The van der Waals surface area contributed by atoms with Crippen molar-refractivity contribution < 1.29 is 24.6 Å². The Balaban J connectivity index is 1.62. The second-order valence-corrected chi connectivity index (χ2v) is 8.83. The van der Waals surface area contributed by atoms with Gasteiger partial charge in [-0.25, -0.2) is 9.59 Å². The van der Waals surface area contributed by atoms with Gasteiger partial charge in [0.1, 0.15) is 11.8 Å². The molecule has 8 nitrogen and oxygen atoms in total. The Morgan fingerprint density at radius 1 is 0.811 bits per heavy atom. The molecular formula is C29H27N3O5. The minimum Gasteiger partial charge on any atom is -0.508 e. The van der Waals surface area contributed by atoms with E-state index in [1.807, 2.05) is 56.3 Å². The molecule has 0 saturated carbocycles. The normalized spacial score (nSPS) is 11.5. The van der Waals surface area contributed by atoms with Gasteiger partial charge in [-0.15, -0.1) is 0 Å². The van der Waals surface area contributed by atoms with Crippen molar-refractivity contribution in [3.63, 3.8) is 0 Å². The summed E-state index contributed by atoms with van der Waals surface area (Å²) in [7, 11) is 0. The molecule has 0 aliphatic rings. The van der Waals surface area contributed by atoms with E-state index in [0.29, 0.717) is 11.3 Å². The number of hydrogen-bond donors (Lipinski definition) is 5. The third-order valence-corrected chi connectivity index (χ3v) is 6.08. The molecule has 1 atom stereocenters. The molecule has 0 heterocycles. The number of phenols is 1. The van der Waals surface area contributed by atoms with Crippen LogP contribution in [-0.2, 0) is 11.2 Å². The molecule has 0 bridgehead atoms. The third-order valence-electron chi connectivity index (χ3n) is 6.08. The predicted molar refractivity (Wildman–Crippen MR) is 143 cm³/mol. The average molecular weight is 498 g/mol. The molecule has 0 unspecified atom stereocenters. The molecule has 3 amide bonds. The second kappa shape index (κ2) is 10.8. The van der Waals surface area contributed by atoms with Crippen LogP contribution in [-0.4, -0.2) is 34.2 Å². The Morgan fingerprint density at radius 3 is 2.05 bits per heavy atom. The van der Waals surface area contributed by atoms with Crippen LogP contribution < -0.4 is 16.0 Å². The molecule has 0 aliphatic heterocycles. The molecule has 0 aromatic heterocycles. The minimum absolute atomic E-state index is 0.0186. The number of carbonyl (C=O) groups excluding carboxylic acids is 2. The van der Waals surface area contributed by atoms with Crippen molar-refractivity contribution in [2.24, 2.45) is 0 Å². The van der Waals surface area contributed by atoms with Gasteiger partial charge in [-0.1, -0.05) is 54.6 Å². The van der Waals surface area contributed by atoms with E-state index in [4.69, 9.17) is 0 Å². The molecule has 8 heteroatoms. The van der Waals surface area contributed by atoms with E-state index in [1.165, 1.54) is 12.1 Å². The first kappa shape index (κ1) is 25.2. The number of aromatic hydroxyl groups is 1. The summed E-state index contributed by atoms with van der Waals surface area (Å²) in [4.78, 5) is 38.2. The lowest BCUT2D eigenvalue weighted by Crippen LogP contribution is -2.42. The molecular weight excluding hydrogens is 470 g/mol. The Labute approximate surface area is 214 Å². The van der Waals surface area contributed by atoms with Gasteiger partial charge in [0.25, 0.3) is 5.91 Å². The predicted octanol–water partition coefficient (Wildman–Crippen LogP) is 5.23. The molecule has 0 spiro atoms. The van der Waals surface area contributed by atoms with E-state index in [0.717, 1.165) is 21.9 Å². The van der Waals surface area contributed by atoms with Crippen molar-refractivity contribution in [1.82, 2.24) is 5.32 Å². The van der Waals surface area contributed by atoms with Crippen LogP contribution in [0, 0.1) is 13.8 Å². The van der Waals surface area contributed by atoms with Gasteiger partial charge in [-0.3, -0.25) is 4.79 Å². The number of aryl methyl sites for hydroxylation is 2. The monoisotopic (exact) mass is 497 g/mol. The molecule has 0 radical (unpaired) electrons. The number of carbonyl (C=O) groups is 3. The quantitative estimate of drug-likeness (QED) is 0.239. The second-order valence-electron chi connectivity index (χ2n) is 8.83. The number of nitrogens with one attached hydrogen (secondary N) is 3. The Kier molecular flexibility index (Phi) is 7.39. The van der Waals surface area contributed by atoms with E-state index in [-0.39, 0.29) is 23.4 Å². The molecule has 5 N–H and O–H groups in total. The average Bonchev–Trinajstić information content (AvgIpc) is 2.86. The highest BCUT2D eigenvalue weighted by atomic mass is 16.4. The highest BCUT2D eigenvalue weighted by molar-refractivity contribution is 6.10. The summed E-state index contributed by atoms with van der Waals surface area (Å²) < 4.78 is 0. The number of aliphatic carboxylic acids is 1. The standard InChI is InChI=1S/C29H27N3O5/c1-17-6-5-7-18(2)26(17)32-29(37)31-24-16-21-9-4-3-8-20(21)15-23(24)27(34)30-25(28(35)36)14-19-10-12-22(33)13-11-19/h3-13,15-16,25,33H,14H2,1-2H3,(H,30,34)(H,35,36)(H2,31,32,37)/t25-/m0/s1. The van der Waals surface area contributed by atoms with Crippen LogP contribution in [0.2, 0.25) is 0 Å².